The first-order valence-electron chi connectivity index (χ1n) is 5.03. The van der Waals surface area contributed by atoms with Crippen molar-refractivity contribution in [1.29, 1.82) is 5.41 Å². The number of amidine groups is 1. The van der Waals surface area contributed by atoms with Crippen LogP contribution in [0.3, 0.4) is 0 Å². The van der Waals surface area contributed by atoms with Gasteiger partial charge in [-0.3, -0.25) is 5.41 Å². The van der Waals surface area contributed by atoms with Crippen LogP contribution in [0.25, 0.3) is 0 Å². The summed E-state index contributed by atoms with van der Waals surface area (Å²) in [6.45, 7) is 0.199. The minimum atomic E-state index is -4.56. The smallest absolute Gasteiger partial charge is 0.419 e. The molecular formula is C11H13F3N2O2. The maximum Gasteiger partial charge on any atom is 0.419 e. The second-order valence-corrected chi connectivity index (χ2v) is 3.46. The molecule has 0 spiro atoms. The number of nitrogens with two attached hydrogens (primary N) is 1. The molecule has 0 bridgehead atoms. The van der Waals surface area contributed by atoms with Gasteiger partial charge in [0.25, 0.3) is 0 Å². The highest BCUT2D eigenvalue weighted by atomic mass is 19.4. The zero-order valence-corrected chi connectivity index (χ0v) is 9.67. The molecule has 3 N–H and O–H groups in total. The molecule has 0 atom stereocenters. The topological polar surface area (TPSA) is 68.3 Å². The van der Waals surface area contributed by atoms with Gasteiger partial charge in [0, 0.05) is 12.7 Å². The van der Waals surface area contributed by atoms with E-state index in [2.05, 4.69) is 0 Å². The van der Waals surface area contributed by atoms with Gasteiger partial charge in [0.2, 0.25) is 0 Å². The van der Waals surface area contributed by atoms with Crippen molar-refractivity contribution in [1.82, 2.24) is 0 Å². The third kappa shape index (κ3) is 3.63. The molecule has 7 heteroatoms. The van der Waals surface area contributed by atoms with E-state index >= 15 is 0 Å². The lowest BCUT2D eigenvalue weighted by atomic mass is 10.1. The first kappa shape index (κ1) is 14.3. The molecule has 0 aromatic heterocycles. The summed E-state index contributed by atoms with van der Waals surface area (Å²) in [5, 5.41) is 7.12. The zero-order chi connectivity index (χ0) is 13.8. The summed E-state index contributed by atoms with van der Waals surface area (Å²) in [4.78, 5) is 0. The Labute approximate surface area is 102 Å². The molecule has 100 valence electrons. The molecule has 1 aromatic rings. The standard InChI is InChI=1S/C11H13F3N2O2/c1-17-4-5-18-9-3-2-7(10(15)16)6-8(9)11(12,13)14/h2-3,6H,4-5H2,1H3,(H3,15,16). The molecule has 0 heterocycles. The van der Waals surface area contributed by atoms with E-state index in [4.69, 9.17) is 20.6 Å². The molecule has 0 amide bonds. The number of benzene rings is 1. The Morgan fingerprint density at radius 2 is 2.00 bits per heavy atom. The monoisotopic (exact) mass is 262 g/mol. The van der Waals surface area contributed by atoms with Crippen LogP contribution < -0.4 is 10.5 Å². The summed E-state index contributed by atoms with van der Waals surface area (Å²) in [6.07, 6.45) is -4.56. The molecule has 4 nitrogen and oxygen atoms in total. The molecule has 0 aliphatic rings. The van der Waals surface area contributed by atoms with Crippen molar-refractivity contribution < 1.29 is 22.6 Å². The van der Waals surface area contributed by atoms with E-state index in [-0.39, 0.29) is 24.5 Å². The Bertz CT molecular complexity index is 433. The predicted octanol–water partition coefficient (Wildman–Crippen LogP) is 2.01. The second-order valence-electron chi connectivity index (χ2n) is 3.46. The van der Waals surface area contributed by atoms with E-state index in [0.29, 0.717) is 0 Å². The predicted molar refractivity (Wildman–Crippen MR) is 59.8 cm³/mol. The highest BCUT2D eigenvalue weighted by Crippen LogP contribution is 2.36. The summed E-state index contributed by atoms with van der Waals surface area (Å²) in [6, 6.07) is 3.25. The van der Waals surface area contributed by atoms with Gasteiger partial charge in [-0.15, -0.1) is 0 Å². The number of rotatable bonds is 5. The molecular weight excluding hydrogens is 249 g/mol. The van der Waals surface area contributed by atoms with Crippen LogP contribution in [0.4, 0.5) is 13.2 Å². The number of nitrogen functional groups attached to an aromatic ring is 1. The summed E-state index contributed by atoms with van der Waals surface area (Å²) in [5.41, 5.74) is 4.20. The summed E-state index contributed by atoms with van der Waals surface area (Å²) >= 11 is 0. The van der Waals surface area contributed by atoms with E-state index in [1.54, 1.807) is 0 Å². The molecule has 1 aromatic carbocycles. The Balaban J connectivity index is 3.05. The Kier molecular flexibility index (Phi) is 4.55. The van der Waals surface area contributed by atoms with Crippen LogP contribution in [-0.4, -0.2) is 26.2 Å². The molecule has 0 aliphatic heterocycles. The number of hydrogen-bond acceptors (Lipinski definition) is 3. The van der Waals surface area contributed by atoms with Crippen molar-refractivity contribution in [2.75, 3.05) is 20.3 Å². The van der Waals surface area contributed by atoms with Crippen molar-refractivity contribution in [3.8, 4) is 5.75 Å². The Morgan fingerprint density at radius 1 is 1.33 bits per heavy atom. The Hall–Kier alpha value is -1.76. The quantitative estimate of drug-likeness (QED) is 0.484. The maximum atomic E-state index is 12.8. The number of hydrogen-bond donors (Lipinski definition) is 2. The van der Waals surface area contributed by atoms with Crippen LogP contribution in [0.2, 0.25) is 0 Å². The molecule has 0 unspecified atom stereocenters. The summed E-state index contributed by atoms with van der Waals surface area (Å²) in [5.74, 6) is -0.728. The van der Waals surface area contributed by atoms with Gasteiger partial charge < -0.3 is 15.2 Å². The minimum absolute atomic E-state index is 0.00131. The van der Waals surface area contributed by atoms with Crippen LogP contribution in [0.15, 0.2) is 18.2 Å². The van der Waals surface area contributed by atoms with Gasteiger partial charge >= 0.3 is 6.18 Å². The minimum Gasteiger partial charge on any atom is -0.491 e. The SMILES string of the molecule is COCCOc1ccc(C(=N)N)cc1C(F)(F)F. The zero-order valence-electron chi connectivity index (χ0n) is 9.67. The fourth-order valence-electron chi connectivity index (χ4n) is 1.28. The molecule has 0 saturated carbocycles. The third-order valence-electron chi connectivity index (χ3n) is 2.14. The van der Waals surface area contributed by atoms with Crippen molar-refractivity contribution in [2.45, 2.75) is 6.18 Å². The number of nitrogens with one attached hydrogen (secondary N) is 1. The fraction of sp³-hybridized carbons (Fsp3) is 0.364. The van der Waals surface area contributed by atoms with Gasteiger partial charge in [-0.1, -0.05) is 0 Å². The highest BCUT2D eigenvalue weighted by molar-refractivity contribution is 5.95. The maximum absolute atomic E-state index is 12.8. The average molecular weight is 262 g/mol. The molecule has 0 fully saturated rings. The second kappa shape index (κ2) is 5.72. The van der Waals surface area contributed by atoms with Crippen molar-refractivity contribution >= 4 is 5.84 Å². The highest BCUT2D eigenvalue weighted by Gasteiger charge is 2.34. The van der Waals surface area contributed by atoms with Crippen LogP contribution in [-0.2, 0) is 10.9 Å². The fourth-order valence-corrected chi connectivity index (χ4v) is 1.28. The third-order valence-corrected chi connectivity index (χ3v) is 2.14. The number of alkyl halides is 3. The number of ether oxygens (including phenoxy) is 2. The van der Waals surface area contributed by atoms with Gasteiger partial charge in [-0.2, -0.15) is 13.2 Å². The van der Waals surface area contributed by atoms with E-state index in [1.807, 2.05) is 0 Å². The first-order chi connectivity index (χ1) is 8.36. The van der Waals surface area contributed by atoms with E-state index in [0.717, 1.165) is 12.1 Å². The largest absolute Gasteiger partial charge is 0.491 e. The van der Waals surface area contributed by atoms with Gasteiger partial charge in [0.15, 0.2) is 0 Å². The molecule has 18 heavy (non-hydrogen) atoms. The van der Waals surface area contributed by atoms with Crippen molar-refractivity contribution in [3.05, 3.63) is 29.3 Å². The lowest BCUT2D eigenvalue weighted by molar-refractivity contribution is -0.139. The number of halogens is 3. The van der Waals surface area contributed by atoms with E-state index < -0.39 is 17.6 Å². The molecule has 1 rings (SSSR count). The van der Waals surface area contributed by atoms with Crippen molar-refractivity contribution in [3.63, 3.8) is 0 Å². The lowest BCUT2D eigenvalue weighted by Crippen LogP contribution is -2.15. The van der Waals surface area contributed by atoms with Gasteiger partial charge in [-0.25, -0.2) is 0 Å². The van der Waals surface area contributed by atoms with E-state index in [9.17, 15) is 13.2 Å². The van der Waals surface area contributed by atoms with Crippen LogP contribution in [0.5, 0.6) is 5.75 Å². The Morgan fingerprint density at radius 3 is 2.50 bits per heavy atom. The lowest BCUT2D eigenvalue weighted by Gasteiger charge is -2.14. The van der Waals surface area contributed by atoms with Crippen molar-refractivity contribution in [2.24, 2.45) is 5.73 Å². The summed E-state index contributed by atoms with van der Waals surface area (Å²) < 4.78 is 48.0. The molecule has 0 radical (unpaired) electrons. The van der Waals surface area contributed by atoms with Crippen LogP contribution in [0, 0.1) is 5.41 Å². The normalized spacial score (nSPS) is 11.3. The van der Waals surface area contributed by atoms with E-state index in [1.165, 1.54) is 13.2 Å². The van der Waals surface area contributed by atoms with Gasteiger partial charge in [0.05, 0.1) is 12.2 Å². The van der Waals surface area contributed by atoms with Crippen LogP contribution in [0.1, 0.15) is 11.1 Å². The number of methoxy groups -OCH3 is 1. The van der Waals surface area contributed by atoms with Gasteiger partial charge in [-0.05, 0) is 18.2 Å². The van der Waals surface area contributed by atoms with Gasteiger partial charge in [0.1, 0.15) is 18.2 Å². The molecule has 0 aliphatic carbocycles. The van der Waals surface area contributed by atoms with Crippen LogP contribution >= 0.6 is 0 Å². The first-order valence-corrected chi connectivity index (χ1v) is 5.03. The summed E-state index contributed by atoms with van der Waals surface area (Å²) in [7, 11) is 1.42. The average Bonchev–Trinajstić information content (AvgIpc) is 2.28. The molecule has 0 saturated heterocycles.